The van der Waals surface area contributed by atoms with Crippen LogP contribution >= 0.6 is 0 Å². The molecule has 0 heterocycles. The van der Waals surface area contributed by atoms with Gasteiger partial charge in [-0.3, -0.25) is 0 Å². The molecule has 2 aromatic carbocycles. The summed E-state index contributed by atoms with van der Waals surface area (Å²) >= 11 is 0.433. The van der Waals surface area contributed by atoms with E-state index in [1.165, 1.54) is 14.5 Å². The van der Waals surface area contributed by atoms with Gasteiger partial charge in [-0.05, 0) is 0 Å². The Labute approximate surface area is 104 Å². The van der Waals surface area contributed by atoms with Crippen molar-refractivity contribution in [3.05, 3.63) is 60.2 Å². The van der Waals surface area contributed by atoms with E-state index in [2.05, 4.69) is 68.4 Å². The summed E-state index contributed by atoms with van der Waals surface area (Å²) in [4.78, 5) is 0. The number of rotatable bonds is 3. The van der Waals surface area contributed by atoms with Crippen molar-refractivity contribution in [2.24, 2.45) is 0 Å². The van der Waals surface area contributed by atoms with Crippen molar-refractivity contribution in [3.8, 4) is 0 Å². The Morgan fingerprint density at radius 1 is 0.812 bits per heavy atom. The van der Waals surface area contributed by atoms with Gasteiger partial charge in [0.2, 0.25) is 0 Å². The molecule has 0 atom stereocenters. The van der Waals surface area contributed by atoms with E-state index in [1.54, 1.807) is 0 Å². The molecular formula is C15H16Se. The molecule has 0 saturated carbocycles. The Balaban J connectivity index is 2.28. The Morgan fingerprint density at radius 3 is 2.12 bits per heavy atom. The minimum absolute atomic E-state index is 0.433. The molecule has 0 aliphatic carbocycles. The summed E-state index contributed by atoms with van der Waals surface area (Å²) in [5, 5.41) is 0. The molecule has 0 aromatic heterocycles. The third kappa shape index (κ3) is 2.75. The van der Waals surface area contributed by atoms with Gasteiger partial charge >= 0.3 is 104 Å². The molecule has 0 spiro atoms. The quantitative estimate of drug-likeness (QED) is 0.755. The van der Waals surface area contributed by atoms with Gasteiger partial charge in [-0.2, -0.15) is 0 Å². The molecule has 0 unspecified atom stereocenters. The van der Waals surface area contributed by atoms with Crippen molar-refractivity contribution in [2.45, 2.75) is 19.8 Å². The topological polar surface area (TPSA) is 0 Å². The van der Waals surface area contributed by atoms with Crippen LogP contribution in [0, 0.1) is 0 Å². The Morgan fingerprint density at radius 2 is 1.44 bits per heavy atom. The standard InChI is InChI=1S/C15H16Se/c1-12(2)14-10-6-7-11-15(14)16-13-8-4-3-5-9-13/h3-12H,1-2H3. The SMILES string of the molecule is CC(C)c1ccccc1[Se]c1ccccc1. The van der Waals surface area contributed by atoms with Crippen LogP contribution in [-0.2, 0) is 0 Å². The van der Waals surface area contributed by atoms with Crippen molar-refractivity contribution in [2.75, 3.05) is 0 Å². The molecule has 1 heteroatoms. The van der Waals surface area contributed by atoms with Crippen LogP contribution in [0.1, 0.15) is 25.3 Å². The van der Waals surface area contributed by atoms with Gasteiger partial charge in [0.25, 0.3) is 0 Å². The Hall–Kier alpha value is -1.04. The summed E-state index contributed by atoms with van der Waals surface area (Å²) < 4.78 is 2.96. The van der Waals surface area contributed by atoms with Crippen molar-refractivity contribution in [1.29, 1.82) is 0 Å². The third-order valence-electron chi connectivity index (χ3n) is 2.51. The third-order valence-corrected chi connectivity index (χ3v) is 4.82. The van der Waals surface area contributed by atoms with E-state index in [0.29, 0.717) is 20.9 Å². The fraction of sp³-hybridized carbons (Fsp3) is 0.200. The van der Waals surface area contributed by atoms with Crippen molar-refractivity contribution in [1.82, 2.24) is 0 Å². The summed E-state index contributed by atoms with van der Waals surface area (Å²) in [7, 11) is 0. The van der Waals surface area contributed by atoms with Crippen LogP contribution in [0.25, 0.3) is 0 Å². The van der Waals surface area contributed by atoms with Crippen molar-refractivity contribution < 1.29 is 0 Å². The molecule has 0 saturated heterocycles. The van der Waals surface area contributed by atoms with Crippen LogP contribution in [0.3, 0.4) is 0 Å². The molecule has 0 fully saturated rings. The van der Waals surface area contributed by atoms with Gasteiger partial charge in [0.1, 0.15) is 0 Å². The molecule has 0 amide bonds. The minimum atomic E-state index is 0.433. The maximum atomic E-state index is 2.27. The predicted octanol–water partition coefficient (Wildman–Crippen LogP) is 2.47. The Kier molecular flexibility index (Phi) is 3.82. The van der Waals surface area contributed by atoms with E-state index in [9.17, 15) is 0 Å². The van der Waals surface area contributed by atoms with Gasteiger partial charge in [0.05, 0.1) is 0 Å². The van der Waals surface area contributed by atoms with Crippen molar-refractivity contribution >= 4 is 23.9 Å². The zero-order valence-corrected chi connectivity index (χ0v) is 11.4. The Bertz CT molecular complexity index is 446. The molecule has 0 radical (unpaired) electrons. The molecule has 0 aliphatic rings. The molecule has 0 N–H and O–H groups in total. The van der Waals surface area contributed by atoms with E-state index in [4.69, 9.17) is 0 Å². The number of hydrogen-bond donors (Lipinski definition) is 0. The van der Waals surface area contributed by atoms with E-state index >= 15 is 0 Å². The maximum absolute atomic E-state index is 2.27. The van der Waals surface area contributed by atoms with Crippen LogP contribution in [0.2, 0.25) is 0 Å². The average molecular weight is 275 g/mol. The van der Waals surface area contributed by atoms with Crippen LogP contribution in [-0.4, -0.2) is 15.0 Å². The van der Waals surface area contributed by atoms with Gasteiger partial charge in [0.15, 0.2) is 0 Å². The van der Waals surface area contributed by atoms with Crippen molar-refractivity contribution in [3.63, 3.8) is 0 Å². The second-order valence-corrected chi connectivity index (χ2v) is 6.45. The molecule has 82 valence electrons. The van der Waals surface area contributed by atoms with Crippen LogP contribution in [0.5, 0.6) is 0 Å². The van der Waals surface area contributed by atoms with E-state index in [1.807, 2.05) is 0 Å². The van der Waals surface area contributed by atoms with Crippen LogP contribution in [0.15, 0.2) is 54.6 Å². The first-order valence-corrected chi connectivity index (χ1v) is 7.30. The van der Waals surface area contributed by atoms with E-state index in [0.717, 1.165) is 0 Å². The molecule has 0 bridgehead atoms. The summed E-state index contributed by atoms with van der Waals surface area (Å²) in [5.74, 6) is 0.613. The molecule has 2 rings (SSSR count). The summed E-state index contributed by atoms with van der Waals surface area (Å²) in [6.45, 7) is 4.53. The molecule has 2 aromatic rings. The predicted molar refractivity (Wildman–Crippen MR) is 72.0 cm³/mol. The fourth-order valence-electron chi connectivity index (χ4n) is 1.67. The van der Waals surface area contributed by atoms with Gasteiger partial charge in [-0.15, -0.1) is 0 Å². The number of benzene rings is 2. The molecule has 0 nitrogen and oxygen atoms in total. The summed E-state index contributed by atoms with van der Waals surface area (Å²) in [6.07, 6.45) is 0. The van der Waals surface area contributed by atoms with Gasteiger partial charge in [-0.25, -0.2) is 0 Å². The second kappa shape index (κ2) is 5.34. The van der Waals surface area contributed by atoms with E-state index < -0.39 is 0 Å². The molecule has 0 aliphatic heterocycles. The first kappa shape index (κ1) is 11.4. The zero-order valence-electron chi connectivity index (χ0n) is 9.68. The average Bonchev–Trinajstić information content (AvgIpc) is 2.31. The first-order chi connectivity index (χ1) is 7.77. The van der Waals surface area contributed by atoms with Gasteiger partial charge in [-0.1, -0.05) is 0 Å². The number of hydrogen-bond acceptors (Lipinski definition) is 0. The van der Waals surface area contributed by atoms with Crippen LogP contribution in [0.4, 0.5) is 0 Å². The summed E-state index contributed by atoms with van der Waals surface area (Å²) in [6, 6.07) is 19.6. The second-order valence-electron chi connectivity index (χ2n) is 4.11. The zero-order chi connectivity index (χ0) is 11.4. The van der Waals surface area contributed by atoms with Crippen LogP contribution < -0.4 is 8.92 Å². The molecular weight excluding hydrogens is 259 g/mol. The molecule has 16 heavy (non-hydrogen) atoms. The monoisotopic (exact) mass is 276 g/mol. The first-order valence-electron chi connectivity index (χ1n) is 5.59. The van der Waals surface area contributed by atoms with Gasteiger partial charge in [0, 0.05) is 0 Å². The van der Waals surface area contributed by atoms with Gasteiger partial charge < -0.3 is 0 Å². The van der Waals surface area contributed by atoms with E-state index in [-0.39, 0.29) is 0 Å². The summed E-state index contributed by atoms with van der Waals surface area (Å²) in [5.41, 5.74) is 1.49. The fourth-order valence-corrected chi connectivity index (χ4v) is 4.01. The normalized spacial score (nSPS) is 10.7.